The van der Waals surface area contributed by atoms with Crippen molar-refractivity contribution in [2.24, 2.45) is 0 Å². The van der Waals surface area contributed by atoms with Crippen LogP contribution in [0, 0.1) is 0 Å². The summed E-state index contributed by atoms with van der Waals surface area (Å²) in [5.41, 5.74) is -0.312. The maximum Gasteiger partial charge on any atom is 0.416 e. The highest BCUT2D eigenvalue weighted by Crippen LogP contribution is 2.10. The Morgan fingerprint density at radius 2 is 1.85 bits per heavy atom. The molecular weight excluding hydrogens is 258 g/mol. The van der Waals surface area contributed by atoms with Gasteiger partial charge in [0.15, 0.2) is 0 Å². The SMILES string of the molecule is CC(C)(C)NC[C@@H](NC(C)(C)C)C(=O)N1CCOC1=O. The van der Waals surface area contributed by atoms with Gasteiger partial charge in [-0.15, -0.1) is 0 Å². The minimum absolute atomic E-state index is 0.0936. The van der Waals surface area contributed by atoms with Gasteiger partial charge in [0.1, 0.15) is 12.6 Å². The van der Waals surface area contributed by atoms with Gasteiger partial charge in [0.2, 0.25) is 5.91 Å². The average Bonchev–Trinajstić information content (AvgIpc) is 2.67. The molecule has 0 spiro atoms. The van der Waals surface area contributed by atoms with E-state index in [-0.39, 0.29) is 23.6 Å². The number of nitrogens with zero attached hydrogens (tertiary/aromatic N) is 1. The van der Waals surface area contributed by atoms with Crippen molar-refractivity contribution >= 4 is 12.0 Å². The number of cyclic esters (lactones) is 1. The number of rotatable bonds is 4. The standard InChI is InChI=1S/C14H27N3O3/c1-13(2,3)15-9-10(16-14(4,5)6)11(18)17-7-8-20-12(17)19/h10,15-16H,7-9H2,1-6H3/t10-/m1/s1. The molecule has 0 unspecified atom stereocenters. The lowest BCUT2D eigenvalue weighted by atomic mass is 10.0. The fourth-order valence-corrected chi connectivity index (χ4v) is 1.91. The Morgan fingerprint density at radius 1 is 1.25 bits per heavy atom. The molecule has 0 radical (unpaired) electrons. The minimum atomic E-state index is -0.550. The van der Waals surface area contributed by atoms with Crippen molar-refractivity contribution in [3.05, 3.63) is 0 Å². The molecule has 1 heterocycles. The Kier molecular flexibility index (Phi) is 5.15. The van der Waals surface area contributed by atoms with Crippen molar-refractivity contribution in [3.8, 4) is 0 Å². The molecule has 1 atom stereocenters. The number of nitrogens with one attached hydrogen (secondary N) is 2. The first-order chi connectivity index (χ1) is 8.99. The van der Waals surface area contributed by atoms with Crippen LogP contribution >= 0.6 is 0 Å². The van der Waals surface area contributed by atoms with Gasteiger partial charge >= 0.3 is 6.09 Å². The van der Waals surface area contributed by atoms with E-state index in [0.29, 0.717) is 13.1 Å². The fraction of sp³-hybridized carbons (Fsp3) is 0.857. The van der Waals surface area contributed by atoms with E-state index in [0.717, 1.165) is 0 Å². The maximum absolute atomic E-state index is 12.5. The van der Waals surface area contributed by atoms with Crippen molar-refractivity contribution in [1.82, 2.24) is 15.5 Å². The molecule has 0 aromatic carbocycles. The summed E-state index contributed by atoms with van der Waals surface area (Å²) in [6.45, 7) is 13.2. The lowest BCUT2D eigenvalue weighted by Gasteiger charge is -2.32. The summed E-state index contributed by atoms with van der Waals surface area (Å²) >= 11 is 0. The molecular formula is C14H27N3O3. The summed E-state index contributed by atoms with van der Waals surface area (Å²) in [6.07, 6.45) is -0.550. The van der Waals surface area contributed by atoms with E-state index in [1.54, 1.807) is 0 Å². The molecule has 2 amide bonds. The topological polar surface area (TPSA) is 70.7 Å². The van der Waals surface area contributed by atoms with Gasteiger partial charge in [-0.1, -0.05) is 0 Å². The summed E-state index contributed by atoms with van der Waals surface area (Å²) in [5.74, 6) is -0.237. The van der Waals surface area contributed by atoms with Crippen molar-refractivity contribution < 1.29 is 14.3 Å². The second-order valence-corrected chi connectivity index (χ2v) is 7.18. The van der Waals surface area contributed by atoms with Gasteiger partial charge < -0.3 is 15.4 Å². The van der Waals surface area contributed by atoms with Crippen molar-refractivity contribution in [2.45, 2.75) is 58.7 Å². The third-order valence-electron chi connectivity index (χ3n) is 2.77. The van der Waals surface area contributed by atoms with Crippen LogP contribution in [0.1, 0.15) is 41.5 Å². The molecule has 0 aromatic heterocycles. The van der Waals surface area contributed by atoms with Crippen LogP contribution in [-0.2, 0) is 9.53 Å². The van der Waals surface area contributed by atoms with Crippen LogP contribution in [0.15, 0.2) is 0 Å². The monoisotopic (exact) mass is 285 g/mol. The van der Waals surface area contributed by atoms with Crippen LogP contribution < -0.4 is 10.6 Å². The molecule has 1 fully saturated rings. The van der Waals surface area contributed by atoms with Gasteiger partial charge in [0.25, 0.3) is 0 Å². The molecule has 2 N–H and O–H groups in total. The van der Waals surface area contributed by atoms with Gasteiger partial charge in [-0.2, -0.15) is 0 Å². The summed E-state index contributed by atoms with van der Waals surface area (Å²) in [7, 11) is 0. The van der Waals surface area contributed by atoms with E-state index in [2.05, 4.69) is 10.6 Å². The Morgan fingerprint density at radius 3 is 2.25 bits per heavy atom. The second-order valence-electron chi connectivity index (χ2n) is 7.18. The molecule has 20 heavy (non-hydrogen) atoms. The van der Waals surface area contributed by atoms with Crippen LogP contribution in [0.2, 0.25) is 0 Å². The zero-order valence-corrected chi connectivity index (χ0v) is 13.4. The van der Waals surface area contributed by atoms with E-state index < -0.39 is 12.1 Å². The number of carbonyl (C=O) groups excluding carboxylic acids is 2. The number of imide groups is 1. The van der Waals surface area contributed by atoms with Gasteiger partial charge in [0, 0.05) is 17.6 Å². The molecule has 6 heteroatoms. The number of hydrogen-bond donors (Lipinski definition) is 2. The van der Waals surface area contributed by atoms with Crippen LogP contribution in [0.5, 0.6) is 0 Å². The molecule has 1 saturated heterocycles. The predicted molar refractivity (Wildman–Crippen MR) is 77.5 cm³/mol. The summed E-state index contributed by atoms with van der Waals surface area (Å²) < 4.78 is 4.83. The van der Waals surface area contributed by atoms with Crippen LogP contribution in [-0.4, -0.2) is 53.7 Å². The smallest absolute Gasteiger partial charge is 0.416 e. The number of ether oxygens (including phenoxy) is 1. The first-order valence-corrected chi connectivity index (χ1v) is 7.00. The Labute approximate surface area is 121 Å². The van der Waals surface area contributed by atoms with E-state index in [1.165, 1.54) is 4.90 Å². The van der Waals surface area contributed by atoms with E-state index in [4.69, 9.17) is 4.74 Å². The van der Waals surface area contributed by atoms with Gasteiger partial charge in [0.05, 0.1) is 6.54 Å². The first kappa shape index (κ1) is 16.9. The Hall–Kier alpha value is -1.14. The van der Waals surface area contributed by atoms with E-state index in [9.17, 15) is 9.59 Å². The number of amides is 2. The highest BCUT2D eigenvalue weighted by atomic mass is 16.6. The molecule has 0 bridgehead atoms. The van der Waals surface area contributed by atoms with Crippen molar-refractivity contribution in [1.29, 1.82) is 0 Å². The number of hydrogen-bond acceptors (Lipinski definition) is 5. The summed E-state index contributed by atoms with van der Waals surface area (Å²) in [4.78, 5) is 25.2. The third kappa shape index (κ3) is 5.46. The Balaban J connectivity index is 2.75. The lowest BCUT2D eigenvalue weighted by Crippen LogP contribution is -2.58. The molecule has 116 valence electrons. The molecule has 0 saturated carbocycles. The zero-order valence-electron chi connectivity index (χ0n) is 13.4. The zero-order chi connectivity index (χ0) is 15.6. The highest BCUT2D eigenvalue weighted by Gasteiger charge is 2.35. The predicted octanol–water partition coefficient (Wildman–Crippen LogP) is 1.11. The molecule has 1 aliphatic heterocycles. The normalized spacial score (nSPS) is 18.1. The third-order valence-corrected chi connectivity index (χ3v) is 2.77. The molecule has 0 aliphatic carbocycles. The van der Waals surface area contributed by atoms with Crippen molar-refractivity contribution in [2.75, 3.05) is 19.7 Å². The largest absolute Gasteiger partial charge is 0.447 e. The molecule has 0 aromatic rings. The summed E-state index contributed by atoms with van der Waals surface area (Å²) in [6, 6.07) is -0.458. The fourth-order valence-electron chi connectivity index (χ4n) is 1.91. The van der Waals surface area contributed by atoms with Crippen molar-refractivity contribution in [3.63, 3.8) is 0 Å². The number of carbonyl (C=O) groups is 2. The Bertz CT molecular complexity index is 369. The first-order valence-electron chi connectivity index (χ1n) is 7.00. The average molecular weight is 285 g/mol. The van der Waals surface area contributed by atoms with Crippen LogP contribution in [0.3, 0.4) is 0 Å². The molecule has 6 nitrogen and oxygen atoms in total. The summed E-state index contributed by atoms with van der Waals surface area (Å²) in [5, 5.41) is 6.57. The molecule has 1 rings (SSSR count). The van der Waals surface area contributed by atoms with Crippen LogP contribution in [0.4, 0.5) is 4.79 Å². The highest BCUT2D eigenvalue weighted by molar-refractivity contribution is 5.96. The van der Waals surface area contributed by atoms with Gasteiger partial charge in [-0.3, -0.25) is 4.79 Å². The second kappa shape index (κ2) is 6.10. The lowest BCUT2D eigenvalue weighted by molar-refractivity contribution is -0.130. The molecule has 1 aliphatic rings. The van der Waals surface area contributed by atoms with Gasteiger partial charge in [-0.05, 0) is 41.5 Å². The quantitative estimate of drug-likeness (QED) is 0.809. The maximum atomic E-state index is 12.5. The van der Waals surface area contributed by atoms with Gasteiger partial charge in [-0.25, -0.2) is 9.69 Å². The minimum Gasteiger partial charge on any atom is -0.447 e. The van der Waals surface area contributed by atoms with E-state index in [1.807, 2.05) is 41.5 Å². The van der Waals surface area contributed by atoms with E-state index >= 15 is 0 Å². The van der Waals surface area contributed by atoms with Crippen LogP contribution in [0.25, 0.3) is 0 Å².